The molecule has 2 aromatic carbocycles. The largest absolute Gasteiger partial charge is 0.465 e. The van der Waals surface area contributed by atoms with Gasteiger partial charge in [-0.05, 0) is 62.0 Å². The molecule has 32 heavy (non-hydrogen) atoms. The number of likely N-dealkylation sites (N-methyl/N-ethyl adjacent to an activating group) is 1. The molecule has 1 amide bonds. The summed E-state index contributed by atoms with van der Waals surface area (Å²) in [6, 6.07) is 18.5. The molecule has 0 aliphatic carbocycles. The Kier molecular flexibility index (Phi) is 6.28. The number of amides is 1. The van der Waals surface area contributed by atoms with Gasteiger partial charge in [0.1, 0.15) is 11.5 Å². The fraction of sp³-hybridized carbons (Fsp3) is 0.160. The van der Waals surface area contributed by atoms with E-state index < -0.39 is 0 Å². The van der Waals surface area contributed by atoms with Crippen molar-refractivity contribution in [3.63, 3.8) is 0 Å². The number of thioether (sulfide) groups is 1. The highest BCUT2D eigenvalue weighted by Crippen LogP contribution is 2.35. The van der Waals surface area contributed by atoms with E-state index in [2.05, 4.69) is 4.99 Å². The molecule has 162 valence electrons. The lowest BCUT2D eigenvalue weighted by molar-refractivity contribution is -0.122. The fourth-order valence-corrected chi connectivity index (χ4v) is 4.25. The number of aliphatic imine (C=N–C) groups is 1. The minimum Gasteiger partial charge on any atom is -0.465 e. The Labute approximate surface area is 190 Å². The maximum atomic E-state index is 12.9. The van der Waals surface area contributed by atoms with Crippen molar-refractivity contribution in [2.75, 3.05) is 13.7 Å². The monoisotopic (exact) mass is 446 g/mol. The molecule has 4 rings (SSSR count). The summed E-state index contributed by atoms with van der Waals surface area (Å²) in [6.07, 6.45) is 1.74. The van der Waals surface area contributed by atoms with Gasteiger partial charge in [-0.1, -0.05) is 29.8 Å². The number of carbonyl (C=O) groups excluding carboxylic acids is 2. The number of esters is 1. The number of ether oxygens (including phenoxy) is 1. The third-order valence-corrected chi connectivity index (χ3v) is 5.96. The zero-order valence-corrected chi connectivity index (χ0v) is 18.8. The topological polar surface area (TPSA) is 72.1 Å². The summed E-state index contributed by atoms with van der Waals surface area (Å²) in [5.41, 5.74) is 3.26. The van der Waals surface area contributed by atoms with Crippen molar-refractivity contribution in [1.82, 2.24) is 4.90 Å². The average Bonchev–Trinajstić information content (AvgIpc) is 3.39. The van der Waals surface area contributed by atoms with E-state index >= 15 is 0 Å². The van der Waals surface area contributed by atoms with E-state index in [1.54, 1.807) is 35.2 Å². The molecule has 2 heterocycles. The highest BCUT2D eigenvalue weighted by molar-refractivity contribution is 8.18. The van der Waals surface area contributed by atoms with E-state index in [1.807, 2.05) is 50.2 Å². The second kappa shape index (κ2) is 9.28. The molecule has 0 bridgehead atoms. The molecule has 0 radical (unpaired) electrons. The van der Waals surface area contributed by atoms with Crippen LogP contribution < -0.4 is 0 Å². The first-order valence-electron chi connectivity index (χ1n) is 10.1. The first kappa shape index (κ1) is 21.6. The van der Waals surface area contributed by atoms with Crippen LogP contribution in [0.2, 0.25) is 0 Å². The predicted molar refractivity (Wildman–Crippen MR) is 127 cm³/mol. The van der Waals surface area contributed by atoms with Crippen LogP contribution in [0.4, 0.5) is 5.69 Å². The van der Waals surface area contributed by atoms with Gasteiger partial charge in [-0.3, -0.25) is 9.69 Å². The van der Waals surface area contributed by atoms with Crippen LogP contribution in [0.5, 0.6) is 0 Å². The molecule has 1 aliphatic rings. The van der Waals surface area contributed by atoms with Gasteiger partial charge in [0.05, 0.1) is 23.3 Å². The summed E-state index contributed by atoms with van der Waals surface area (Å²) in [5, 5.41) is 0.651. The number of furan rings is 1. The zero-order chi connectivity index (χ0) is 22.7. The lowest BCUT2D eigenvalue weighted by atomic mass is 10.1. The molecule has 0 N–H and O–H groups in total. The molecule has 3 aromatic rings. The molecule has 0 saturated carbocycles. The molecular formula is C25H22N2O4S. The number of hydrogen-bond acceptors (Lipinski definition) is 6. The number of carbonyl (C=O) groups is 2. The summed E-state index contributed by atoms with van der Waals surface area (Å²) in [7, 11) is 1.35. The first-order chi connectivity index (χ1) is 15.5. The highest BCUT2D eigenvalue weighted by atomic mass is 32.2. The minimum absolute atomic E-state index is 0.0938. The van der Waals surface area contributed by atoms with E-state index in [0.29, 0.717) is 33.7 Å². The van der Waals surface area contributed by atoms with Crippen LogP contribution in [0.3, 0.4) is 0 Å². The van der Waals surface area contributed by atoms with Crippen LogP contribution in [0.1, 0.15) is 28.6 Å². The van der Waals surface area contributed by atoms with E-state index in [0.717, 1.165) is 16.8 Å². The number of benzene rings is 2. The maximum Gasteiger partial charge on any atom is 0.337 e. The van der Waals surface area contributed by atoms with Gasteiger partial charge in [0.25, 0.3) is 5.91 Å². The van der Waals surface area contributed by atoms with Crippen LogP contribution in [-0.4, -0.2) is 35.6 Å². The van der Waals surface area contributed by atoms with E-state index in [-0.39, 0.29) is 11.9 Å². The SMILES string of the molecule is CCN1C(=O)/C(=C\c2ccc(-c3ccc(C(=O)OC)cc3)o2)SC1=Nc1ccc(C)cc1. The molecule has 7 heteroatoms. The number of rotatable bonds is 5. The predicted octanol–water partition coefficient (Wildman–Crippen LogP) is 5.67. The lowest BCUT2D eigenvalue weighted by Crippen LogP contribution is -2.28. The Balaban J connectivity index is 1.56. The second-order valence-corrected chi connectivity index (χ2v) is 8.17. The molecule has 1 aromatic heterocycles. The van der Waals surface area contributed by atoms with Gasteiger partial charge in [0, 0.05) is 18.2 Å². The maximum absolute atomic E-state index is 12.9. The van der Waals surface area contributed by atoms with Crippen molar-refractivity contribution >= 4 is 40.6 Å². The number of methoxy groups -OCH3 is 1. The quantitative estimate of drug-likeness (QED) is 0.373. The van der Waals surface area contributed by atoms with Gasteiger partial charge >= 0.3 is 5.97 Å². The van der Waals surface area contributed by atoms with Crippen LogP contribution in [0.15, 0.2) is 75.0 Å². The molecule has 1 fully saturated rings. The minimum atomic E-state index is -0.387. The standard InChI is InChI=1S/C25H22N2O4S/c1-4-27-23(28)22(32-25(27)26-19-11-5-16(2)6-12-19)15-20-13-14-21(31-20)17-7-9-18(10-8-17)24(29)30-3/h5-15H,4H2,1-3H3/b22-15+,26-25?. The van der Waals surface area contributed by atoms with Crippen LogP contribution in [0.25, 0.3) is 17.4 Å². The van der Waals surface area contributed by atoms with Crippen LogP contribution in [-0.2, 0) is 9.53 Å². The average molecular weight is 447 g/mol. The molecule has 6 nitrogen and oxygen atoms in total. The third kappa shape index (κ3) is 4.53. The van der Waals surface area contributed by atoms with Crippen molar-refractivity contribution in [1.29, 1.82) is 0 Å². The van der Waals surface area contributed by atoms with Gasteiger partial charge < -0.3 is 9.15 Å². The number of nitrogens with zero attached hydrogens (tertiary/aromatic N) is 2. The molecule has 0 unspecified atom stereocenters. The number of aryl methyl sites for hydroxylation is 1. The third-order valence-electron chi connectivity index (χ3n) is 4.95. The number of hydrogen-bond donors (Lipinski definition) is 0. The summed E-state index contributed by atoms with van der Waals surface area (Å²) in [4.78, 5) is 31.3. The van der Waals surface area contributed by atoms with Gasteiger partial charge in [0.15, 0.2) is 5.17 Å². The van der Waals surface area contributed by atoms with Crippen molar-refractivity contribution in [3.05, 3.63) is 82.5 Å². The Bertz CT molecular complexity index is 1210. The highest BCUT2D eigenvalue weighted by Gasteiger charge is 2.32. The van der Waals surface area contributed by atoms with Gasteiger partial charge in [-0.25, -0.2) is 9.79 Å². The van der Waals surface area contributed by atoms with Crippen LogP contribution >= 0.6 is 11.8 Å². The molecule has 0 atom stereocenters. The zero-order valence-electron chi connectivity index (χ0n) is 18.0. The van der Waals surface area contributed by atoms with Gasteiger partial charge in [-0.2, -0.15) is 0 Å². The van der Waals surface area contributed by atoms with E-state index in [1.165, 1.54) is 18.9 Å². The Hall–Kier alpha value is -3.58. The lowest BCUT2D eigenvalue weighted by Gasteiger charge is -2.11. The van der Waals surface area contributed by atoms with Crippen molar-refractivity contribution in [2.45, 2.75) is 13.8 Å². The second-order valence-electron chi connectivity index (χ2n) is 7.16. The Morgan fingerprint density at radius 2 is 1.81 bits per heavy atom. The van der Waals surface area contributed by atoms with Crippen LogP contribution in [0, 0.1) is 6.92 Å². The summed E-state index contributed by atoms with van der Waals surface area (Å²) in [6.45, 7) is 4.48. The summed E-state index contributed by atoms with van der Waals surface area (Å²) in [5.74, 6) is 0.732. The van der Waals surface area contributed by atoms with Crippen molar-refractivity contribution in [3.8, 4) is 11.3 Å². The smallest absolute Gasteiger partial charge is 0.337 e. The molecule has 1 saturated heterocycles. The first-order valence-corrected chi connectivity index (χ1v) is 11.0. The van der Waals surface area contributed by atoms with Gasteiger partial charge in [0.2, 0.25) is 0 Å². The van der Waals surface area contributed by atoms with Crippen molar-refractivity contribution < 1.29 is 18.7 Å². The molecule has 0 spiro atoms. The Morgan fingerprint density at radius 3 is 2.47 bits per heavy atom. The normalized spacial score (nSPS) is 16.2. The molecular weight excluding hydrogens is 424 g/mol. The Morgan fingerprint density at radius 1 is 1.09 bits per heavy atom. The summed E-state index contributed by atoms with van der Waals surface area (Å²) >= 11 is 1.33. The van der Waals surface area contributed by atoms with E-state index in [9.17, 15) is 9.59 Å². The molecule has 1 aliphatic heterocycles. The van der Waals surface area contributed by atoms with E-state index in [4.69, 9.17) is 9.15 Å². The summed E-state index contributed by atoms with van der Waals surface area (Å²) < 4.78 is 10.6. The number of amidine groups is 1. The van der Waals surface area contributed by atoms with Crippen molar-refractivity contribution in [2.24, 2.45) is 4.99 Å². The fourth-order valence-electron chi connectivity index (χ4n) is 3.20. The van der Waals surface area contributed by atoms with Gasteiger partial charge in [-0.15, -0.1) is 0 Å².